The van der Waals surface area contributed by atoms with E-state index in [-0.39, 0.29) is 29.8 Å². The topological polar surface area (TPSA) is 59.1 Å². The molecule has 1 aliphatic rings. The van der Waals surface area contributed by atoms with Gasteiger partial charge in [-0.3, -0.25) is 14.4 Å². The van der Waals surface area contributed by atoms with E-state index in [2.05, 4.69) is 0 Å². The maximum Gasteiger partial charge on any atom is 0.416 e. The molecule has 0 aliphatic carbocycles. The number of fused-ring (bicyclic) bond motifs is 1. The number of alkyl halides is 3. The number of rotatable bonds is 5. The van der Waals surface area contributed by atoms with Gasteiger partial charge in [0.05, 0.1) is 19.8 Å². The summed E-state index contributed by atoms with van der Waals surface area (Å²) in [5, 5.41) is 0.802. The molecule has 0 fully saturated rings. The normalized spacial score (nSPS) is 13.4. The van der Waals surface area contributed by atoms with E-state index in [0.29, 0.717) is 5.75 Å². The van der Waals surface area contributed by atoms with Crippen molar-refractivity contribution >= 4 is 11.8 Å². The molecule has 2 aromatic rings. The molecule has 2 aromatic carbocycles. The summed E-state index contributed by atoms with van der Waals surface area (Å²) in [6.07, 6.45) is -4.71. The highest BCUT2D eigenvalue weighted by Crippen LogP contribution is 2.38. The van der Waals surface area contributed by atoms with Gasteiger partial charge in [0.2, 0.25) is 0 Å². The van der Waals surface area contributed by atoms with Crippen LogP contribution in [0.1, 0.15) is 37.4 Å². The number of nitrogens with zero attached hydrogens (tertiary/aromatic N) is 2. The molecule has 0 spiro atoms. The van der Waals surface area contributed by atoms with Crippen molar-refractivity contribution in [1.82, 2.24) is 9.96 Å². The van der Waals surface area contributed by atoms with Crippen LogP contribution in [-0.4, -0.2) is 43.0 Å². The Kier molecular flexibility index (Phi) is 5.52. The zero-order chi connectivity index (χ0) is 21.3. The van der Waals surface area contributed by atoms with Crippen LogP contribution in [0.15, 0.2) is 36.4 Å². The van der Waals surface area contributed by atoms with E-state index in [1.807, 2.05) is 0 Å². The molecule has 0 radical (unpaired) electrons. The maximum absolute atomic E-state index is 13.6. The van der Waals surface area contributed by atoms with Gasteiger partial charge < -0.3 is 9.64 Å². The van der Waals surface area contributed by atoms with Crippen molar-refractivity contribution in [2.45, 2.75) is 19.3 Å². The van der Waals surface area contributed by atoms with E-state index in [9.17, 15) is 22.8 Å². The SMILES string of the molecule is COc1ccc(CN2Cc3c(cc(C(=O)N(C)OC)cc3C(F)(F)F)C2=O)cc1. The maximum atomic E-state index is 13.6. The summed E-state index contributed by atoms with van der Waals surface area (Å²) in [7, 11) is 4.02. The van der Waals surface area contributed by atoms with Gasteiger partial charge in [0.25, 0.3) is 11.8 Å². The van der Waals surface area contributed by atoms with Crippen LogP contribution in [0.25, 0.3) is 0 Å². The van der Waals surface area contributed by atoms with Gasteiger partial charge >= 0.3 is 6.18 Å². The molecular weight excluding hydrogens is 389 g/mol. The van der Waals surface area contributed by atoms with Crippen LogP contribution in [0, 0.1) is 0 Å². The Bertz CT molecular complexity index is 942. The Morgan fingerprint density at radius 1 is 1.17 bits per heavy atom. The summed E-state index contributed by atoms with van der Waals surface area (Å²) in [5.74, 6) is -0.701. The highest BCUT2D eigenvalue weighted by atomic mass is 19.4. The molecule has 0 N–H and O–H groups in total. The molecule has 0 bridgehead atoms. The zero-order valence-electron chi connectivity index (χ0n) is 16.0. The second-order valence-electron chi connectivity index (χ2n) is 6.54. The molecule has 0 aromatic heterocycles. The van der Waals surface area contributed by atoms with Gasteiger partial charge in [0.1, 0.15) is 5.75 Å². The third kappa shape index (κ3) is 4.04. The van der Waals surface area contributed by atoms with Gasteiger partial charge in [0.15, 0.2) is 0 Å². The number of hydroxylamine groups is 2. The highest BCUT2D eigenvalue weighted by Gasteiger charge is 2.40. The number of carbonyl (C=O) groups excluding carboxylic acids is 2. The Morgan fingerprint density at radius 3 is 2.38 bits per heavy atom. The fourth-order valence-corrected chi connectivity index (χ4v) is 3.19. The Hall–Kier alpha value is -3.07. The highest BCUT2D eigenvalue weighted by molar-refractivity contribution is 6.02. The first kappa shape index (κ1) is 20.7. The summed E-state index contributed by atoms with van der Waals surface area (Å²) >= 11 is 0. The number of hydrogen-bond acceptors (Lipinski definition) is 4. The van der Waals surface area contributed by atoms with Crippen molar-refractivity contribution in [1.29, 1.82) is 0 Å². The van der Waals surface area contributed by atoms with Gasteiger partial charge in [-0.1, -0.05) is 12.1 Å². The number of ether oxygens (including phenoxy) is 1. The lowest BCUT2D eigenvalue weighted by atomic mass is 9.98. The van der Waals surface area contributed by atoms with Gasteiger partial charge in [-0.25, -0.2) is 5.06 Å². The van der Waals surface area contributed by atoms with Crippen LogP contribution in [-0.2, 0) is 24.1 Å². The first-order valence-corrected chi connectivity index (χ1v) is 8.64. The third-order valence-electron chi connectivity index (χ3n) is 4.76. The van der Waals surface area contributed by atoms with Crippen LogP contribution in [0.4, 0.5) is 13.2 Å². The third-order valence-corrected chi connectivity index (χ3v) is 4.76. The Labute approximate surface area is 165 Å². The molecule has 0 atom stereocenters. The number of halogens is 3. The summed E-state index contributed by atoms with van der Waals surface area (Å²) < 4.78 is 46.0. The second-order valence-corrected chi connectivity index (χ2v) is 6.54. The number of amides is 2. The van der Waals surface area contributed by atoms with Gasteiger partial charge in [-0.2, -0.15) is 13.2 Å². The van der Waals surface area contributed by atoms with Gasteiger partial charge in [-0.15, -0.1) is 0 Å². The smallest absolute Gasteiger partial charge is 0.416 e. The number of hydrogen-bond donors (Lipinski definition) is 0. The van der Waals surface area contributed by atoms with E-state index >= 15 is 0 Å². The standard InChI is InChI=1S/C20H19F3N2O4/c1-24(29-3)18(26)13-8-15-16(17(9-13)20(21,22)23)11-25(19(15)27)10-12-4-6-14(28-2)7-5-12/h4-9H,10-11H2,1-3H3. The molecule has 9 heteroatoms. The van der Waals surface area contributed by atoms with E-state index < -0.39 is 23.6 Å². The molecular formula is C20H19F3N2O4. The summed E-state index contributed by atoms with van der Waals surface area (Å²) in [6, 6.07) is 8.85. The summed E-state index contributed by atoms with van der Waals surface area (Å²) in [4.78, 5) is 31.2. The minimum absolute atomic E-state index is 0.124. The molecule has 29 heavy (non-hydrogen) atoms. The van der Waals surface area contributed by atoms with Gasteiger partial charge in [-0.05, 0) is 35.4 Å². The molecule has 0 unspecified atom stereocenters. The predicted octanol–water partition coefficient (Wildman–Crippen LogP) is 3.50. The first-order valence-electron chi connectivity index (χ1n) is 8.64. The van der Waals surface area contributed by atoms with E-state index in [1.165, 1.54) is 32.2 Å². The fraction of sp³-hybridized carbons (Fsp3) is 0.300. The molecule has 154 valence electrons. The van der Waals surface area contributed by atoms with Crippen LogP contribution in [0.3, 0.4) is 0 Å². The molecule has 6 nitrogen and oxygen atoms in total. The lowest BCUT2D eigenvalue weighted by Crippen LogP contribution is -2.26. The van der Waals surface area contributed by atoms with E-state index in [0.717, 1.165) is 16.7 Å². The molecule has 1 heterocycles. The molecule has 0 saturated heterocycles. The van der Waals surface area contributed by atoms with E-state index in [1.54, 1.807) is 24.3 Å². The van der Waals surface area contributed by atoms with Crippen LogP contribution in [0.2, 0.25) is 0 Å². The lowest BCUT2D eigenvalue weighted by molar-refractivity contribution is -0.138. The monoisotopic (exact) mass is 408 g/mol. The number of benzene rings is 2. The van der Waals surface area contributed by atoms with Crippen LogP contribution < -0.4 is 4.74 Å². The number of methoxy groups -OCH3 is 1. The minimum atomic E-state index is -4.71. The predicted molar refractivity (Wildman–Crippen MR) is 97.1 cm³/mol. The van der Waals surface area contributed by atoms with Crippen molar-refractivity contribution in [3.8, 4) is 5.75 Å². The molecule has 2 amide bonds. The summed E-state index contributed by atoms with van der Waals surface area (Å²) in [5.41, 5.74) is -0.766. The van der Waals surface area contributed by atoms with Crippen molar-refractivity contribution in [2.75, 3.05) is 21.3 Å². The van der Waals surface area contributed by atoms with Gasteiger partial charge in [0, 0.05) is 31.3 Å². The molecule has 1 aliphatic heterocycles. The largest absolute Gasteiger partial charge is 0.497 e. The quantitative estimate of drug-likeness (QED) is 0.711. The Balaban J connectivity index is 1.97. The molecule has 3 rings (SSSR count). The number of carbonyl (C=O) groups is 2. The van der Waals surface area contributed by atoms with Crippen LogP contribution in [0.5, 0.6) is 5.75 Å². The van der Waals surface area contributed by atoms with Crippen molar-refractivity contribution in [3.63, 3.8) is 0 Å². The minimum Gasteiger partial charge on any atom is -0.497 e. The molecule has 0 saturated carbocycles. The lowest BCUT2D eigenvalue weighted by Gasteiger charge is -2.17. The fourth-order valence-electron chi connectivity index (χ4n) is 3.19. The van der Waals surface area contributed by atoms with Crippen molar-refractivity contribution in [3.05, 3.63) is 64.2 Å². The summed E-state index contributed by atoms with van der Waals surface area (Å²) in [6.45, 7) is -0.0559. The van der Waals surface area contributed by atoms with Crippen LogP contribution >= 0.6 is 0 Å². The first-order chi connectivity index (χ1) is 13.7. The van der Waals surface area contributed by atoms with E-state index in [4.69, 9.17) is 9.57 Å². The van der Waals surface area contributed by atoms with Crippen molar-refractivity contribution < 1.29 is 32.3 Å². The Morgan fingerprint density at radius 2 is 1.83 bits per heavy atom. The van der Waals surface area contributed by atoms with Crippen molar-refractivity contribution in [2.24, 2.45) is 0 Å². The average Bonchev–Trinajstić information content (AvgIpc) is 3.01. The second kappa shape index (κ2) is 7.75. The average molecular weight is 408 g/mol. The zero-order valence-corrected chi connectivity index (χ0v) is 16.0.